The summed E-state index contributed by atoms with van der Waals surface area (Å²) in [5, 5.41) is 0.680. The van der Waals surface area contributed by atoms with Gasteiger partial charge in [0, 0.05) is 57.1 Å². The quantitative estimate of drug-likeness (QED) is 0.0920. The highest BCUT2D eigenvalue weighted by Crippen LogP contribution is 2.36. The van der Waals surface area contributed by atoms with E-state index in [1.807, 2.05) is 86.0 Å². The number of rotatable bonds is 18. The third-order valence-electron chi connectivity index (χ3n) is 7.96. The Bertz CT molecular complexity index is 1950. The second kappa shape index (κ2) is 24.6. The summed E-state index contributed by atoms with van der Waals surface area (Å²) >= 11 is 6.60. The molecule has 0 fully saturated rings. The first kappa shape index (κ1) is 45.5. The van der Waals surface area contributed by atoms with Crippen LogP contribution in [0.2, 0.25) is 0 Å². The predicted octanol–water partition coefficient (Wildman–Crippen LogP) is 14.7. The van der Waals surface area contributed by atoms with Gasteiger partial charge in [0.25, 0.3) is 0 Å². The molecule has 0 spiro atoms. The van der Waals surface area contributed by atoms with E-state index in [0.717, 1.165) is 68.1 Å². The van der Waals surface area contributed by atoms with Gasteiger partial charge in [-0.3, -0.25) is 0 Å². The summed E-state index contributed by atoms with van der Waals surface area (Å²) in [7, 11) is 0. The highest BCUT2D eigenvalue weighted by molar-refractivity contribution is 7.99. The second-order valence-corrected chi connectivity index (χ2v) is 13.5. The Hall–Kier alpha value is -5.62. The fourth-order valence-electron chi connectivity index (χ4n) is 5.51. The average molecular weight is 764 g/mol. The summed E-state index contributed by atoms with van der Waals surface area (Å²) in [5.74, 6) is 1.85. The molecular formula is C50H57N3S2. The number of thiol groups is 1. The molecule has 1 aliphatic rings. The number of thioether (sulfide) groups is 1. The molecule has 284 valence electrons. The molecular weight excluding hydrogens is 707 g/mol. The van der Waals surface area contributed by atoms with E-state index in [9.17, 15) is 0 Å². The summed E-state index contributed by atoms with van der Waals surface area (Å²) < 4.78 is 0. The van der Waals surface area contributed by atoms with E-state index in [1.165, 1.54) is 5.70 Å². The fourth-order valence-corrected chi connectivity index (χ4v) is 6.66. The highest BCUT2D eigenvalue weighted by atomic mass is 32.2. The predicted molar refractivity (Wildman–Crippen MR) is 254 cm³/mol. The molecule has 0 saturated heterocycles. The van der Waals surface area contributed by atoms with Crippen molar-refractivity contribution in [2.75, 3.05) is 21.3 Å². The molecule has 2 aromatic rings. The number of hydrogen-bond acceptors (Lipinski definition) is 5. The molecule has 2 aromatic carbocycles. The van der Waals surface area contributed by atoms with Crippen LogP contribution in [0, 0.1) is 0 Å². The Labute approximate surface area is 342 Å². The second-order valence-electron chi connectivity index (χ2n) is 12.0. The van der Waals surface area contributed by atoms with Gasteiger partial charge in [-0.15, -0.1) is 19.2 Å². The van der Waals surface area contributed by atoms with Crippen LogP contribution < -0.4 is 9.80 Å². The van der Waals surface area contributed by atoms with Crippen LogP contribution in [0.4, 0.5) is 17.1 Å². The molecule has 3 nitrogen and oxygen atoms in total. The fraction of sp³-hybridized carbons (Fsp3) is 0.120. The first-order valence-electron chi connectivity index (χ1n) is 18.0. The molecule has 0 bridgehead atoms. The Balaban J connectivity index is 0.00000337. The van der Waals surface area contributed by atoms with E-state index in [2.05, 4.69) is 142 Å². The Morgan fingerprint density at radius 2 is 1.31 bits per heavy atom. The molecule has 5 heteroatoms. The zero-order chi connectivity index (χ0) is 40.8. The maximum absolute atomic E-state index is 4.71. The van der Waals surface area contributed by atoms with Crippen molar-refractivity contribution in [1.29, 1.82) is 0 Å². The Morgan fingerprint density at radius 3 is 1.85 bits per heavy atom. The van der Waals surface area contributed by atoms with E-state index < -0.39 is 0 Å². The van der Waals surface area contributed by atoms with Crippen LogP contribution in [0.15, 0.2) is 237 Å². The lowest BCUT2D eigenvalue weighted by atomic mass is 10.1. The summed E-state index contributed by atoms with van der Waals surface area (Å²) in [6.45, 7) is 40.0. The monoisotopic (exact) mass is 763 g/mol. The molecule has 0 aromatic heterocycles. The van der Waals surface area contributed by atoms with Gasteiger partial charge in [-0.05, 0) is 123 Å². The van der Waals surface area contributed by atoms with Crippen LogP contribution in [-0.2, 0) is 0 Å². The van der Waals surface area contributed by atoms with Gasteiger partial charge in [-0.2, -0.15) is 11.8 Å². The SMILES string of the molecule is C=C/C=C(\S)N(C(=C)/C=C\C(=C)c1ccc(N(C2=CC=CCSC2)c2ccc(N(C(=C)C=C)/C(C=C)=C(C)/C=C\C)cc2)cc1)C(/C=C\C)=C/C=C.C=CC. The van der Waals surface area contributed by atoms with Gasteiger partial charge in [0.15, 0.2) is 0 Å². The molecule has 0 unspecified atom stereocenters. The Morgan fingerprint density at radius 1 is 0.727 bits per heavy atom. The molecule has 3 rings (SSSR count). The van der Waals surface area contributed by atoms with E-state index in [-0.39, 0.29) is 0 Å². The van der Waals surface area contributed by atoms with Gasteiger partial charge in [-0.1, -0.05) is 113 Å². The molecule has 1 aliphatic heterocycles. The number of allylic oxidation sites excluding steroid dienone is 17. The molecule has 0 aliphatic carbocycles. The number of nitrogens with zero attached hydrogens (tertiary/aromatic N) is 3. The first-order valence-corrected chi connectivity index (χ1v) is 19.6. The molecule has 0 atom stereocenters. The van der Waals surface area contributed by atoms with E-state index in [0.29, 0.717) is 5.03 Å². The van der Waals surface area contributed by atoms with Gasteiger partial charge in [-0.25, -0.2) is 0 Å². The van der Waals surface area contributed by atoms with Crippen molar-refractivity contribution in [2.24, 2.45) is 0 Å². The lowest BCUT2D eigenvalue weighted by molar-refractivity contribution is 0.603. The summed E-state index contributed by atoms with van der Waals surface area (Å²) in [6, 6.07) is 17.0. The molecule has 0 radical (unpaired) electrons. The maximum Gasteiger partial charge on any atom is 0.0766 e. The number of anilines is 3. The average Bonchev–Trinajstić information content (AvgIpc) is 3.46. The van der Waals surface area contributed by atoms with Gasteiger partial charge >= 0.3 is 0 Å². The number of benzene rings is 2. The highest BCUT2D eigenvalue weighted by Gasteiger charge is 2.19. The van der Waals surface area contributed by atoms with Crippen LogP contribution in [0.1, 0.15) is 33.3 Å². The van der Waals surface area contributed by atoms with Crippen LogP contribution >= 0.6 is 24.4 Å². The summed E-state index contributed by atoms with van der Waals surface area (Å²) in [4.78, 5) is 6.32. The largest absolute Gasteiger partial charge is 0.313 e. The molecule has 0 N–H and O–H groups in total. The normalized spacial score (nSPS) is 13.5. The van der Waals surface area contributed by atoms with Gasteiger partial charge in [0.05, 0.1) is 5.03 Å². The van der Waals surface area contributed by atoms with Crippen molar-refractivity contribution in [3.8, 4) is 0 Å². The minimum absolute atomic E-state index is 0.680. The van der Waals surface area contributed by atoms with Crippen molar-refractivity contribution in [1.82, 2.24) is 4.90 Å². The van der Waals surface area contributed by atoms with Gasteiger partial charge in [0.1, 0.15) is 0 Å². The molecule has 0 saturated carbocycles. The van der Waals surface area contributed by atoms with Crippen molar-refractivity contribution in [3.05, 3.63) is 243 Å². The zero-order valence-electron chi connectivity index (χ0n) is 33.1. The van der Waals surface area contributed by atoms with Gasteiger partial charge in [0.2, 0.25) is 0 Å². The van der Waals surface area contributed by atoms with Crippen molar-refractivity contribution in [3.63, 3.8) is 0 Å². The molecule has 1 heterocycles. The summed E-state index contributed by atoms with van der Waals surface area (Å²) in [5.41, 5.74) is 10.5. The van der Waals surface area contributed by atoms with Crippen LogP contribution in [0.5, 0.6) is 0 Å². The van der Waals surface area contributed by atoms with E-state index in [4.69, 9.17) is 12.6 Å². The minimum Gasteiger partial charge on any atom is -0.313 e. The van der Waals surface area contributed by atoms with Crippen LogP contribution in [0.25, 0.3) is 5.57 Å². The first-order chi connectivity index (χ1) is 26.6. The van der Waals surface area contributed by atoms with Crippen molar-refractivity contribution in [2.45, 2.75) is 27.7 Å². The van der Waals surface area contributed by atoms with E-state index in [1.54, 1.807) is 24.3 Å². The minimum atomic E-state index is 0.680. The lowest BCUT2D eigenvalue weighted by Crippen LogP contribution is -2.21. The maximum atomic E-state index is 4.71. The smallest absolute Gasteiger partial charge is 0.0766 e. The van der Waals surface area contributed by atoms with Crippen LogP contribution in [0.3, 0.4) is 0 Å². The zero-order valence-corrected chi connectivity index (χ0v) is 34.8. The van der Waals surface area contributed by atoms with Gasteiger partial charge < -0.3 is 14.7 Å². The van der Waals surface area contributed by atoms with Crippen molar-refractivity contribution < 1.29 is 0 Å². The topological polar surface area (TPSA) is 9.72 Å². The van der Waals surface area contributed by atoms with E-state index >= 15 is 0 Å². The van der Waals surface area contributed by atoms with Crippen LogP contribution in [-0.4, -0.2) is 16.4 Å². The lowest BCUT2D eigenvalue weighted by Gasteiger charge is -2.30. The third-order valence-corrected chi connectivity index (χ3v) is 9.24. The Kier molecular flexibility index (Phi) is 20.4. The molecule has 0 amide bonds. The van der Waals surface area contributed by atoms with Crippen molar-refractivity contribution >= 4 is 47.0 Å². The molecule has 55 heavy (non-hydrogen) atoms. The number of hydrogen-bond donors (Lipinski definition) is 1. The standard InChI is InChI=1S/C47H51N3S2.C3H6/c1-11-19-37(8)46(16-6)48(38(9)15-5)42-30-32-44(33-31-42)50(45-23-17-18-34-52-35-45)43-28-26-40(27-29-43)36(7)24-25-39(10)49(47(51)22-14-4)41(20-12-2)21-13-3;1-3-2/h11-33,51H,2,4-7,9-10,34-35H2,1,3,8H3;3H,1H2,2H3/b19-11-,21-13-,25-24-,41-20+,46-37+,47-22-;. The summed E-state index contributed by atoms with van der Waals surface area (Å²) in [6.07, 6.45) is 31.0. The third kappa shape index (κ3) is 13.3.